The molecule has 0 radical (unpaired) electrons. The maximum absolute atomic E-state index is 12.8. The molecule has 0 bridgehead atoms. The van der Waals surface area contributed by atoms with Gasteiger partial charge in [0.05, 0.1) is 14.2 Å². The van der Waals surface area contributed by atoms with Crippen LogP contribution in [0.2, 0.25) is 0 Å². The smallest absolute Gasteiger partial charge is 0.244 e. The Labute approximate surface area is 133 Å². The molecule has 1 saturated heterocycles. The van der Waals surface area contributed by atoms with Crippen molar-refractivity contribution in [3.8, 4) is 11.5 Å². The SMILES string of the molecule is COc1cc(Br)c(S(=O)(=O)N2CCC[C@H]2CN)cc1OC. The minimum atomic E-state index is -3.62. The summed E-state index contributed by atoms with van der Waals surface area (Å²) in [4.78, 5) is 0.167. The van der Waals surface area contributed by atoms with E-state index in [0.29, 0.717) is 29.1 Å². The molecule has 1 heterocycles. The van der Waals surface area contributed by atoms with Gasteiger partial charge >= 0.3 is 0 Å². The fraction of sp³-hybridized carbons (Fsp3) is 0.538. The molecule has 1 aliphatic heterocycles. The summed E-state index contributed by atoms with van der Waals surface area (Å²) >= 11 is 3.30. The molecule has 118 valence electrons. The largest absolute Gasteiger partial charge is 0.493 e. The molecule has 1 aromatic carbocycles. The lowest BCUT2D eigenvalue weighted by Crippen LogP contribution is -2.39. The Morgan fingerprint density at radius 3 is 2.52 bits per heavy atom. The molecule has 0 aromatic heterocycles. The predicted molar refractivity (Wildman–Crippen MR) is 83.2 cm³/mol. The van der Waals surface area contributed by atoms with Crippen LogP contribution in [0.1, 0.15) is 12.8 Å². The van der Waals surface area contributed by atoms with Crippen LogP contribution in [0, 0.1) is 0 Å². The molecular formula is C13H19BrN2O4S. The second-order valence-electron chi connectivity index (χ2n) is 4.79. The van der Waals surface area contributed by atoms with Gasteiger partial charge in [-0.05, 0) is 34.8 Å². The van der Waals surface area contributed by atoms with E-state index in [1.54, 1.807) is 6.07 Å². The first-order chi connectivity index (χ1) is 9.95. The van der Waals surface area contributed by atoms with Crippen molar-refractivity contribution in [1.82, 2.24) is 4.31 Å². The Kier molecular flexibility index (Phi) is 5.13. The second-order valence-corrected chi connectivity index (χ2v) is 7.50. The van der Waals surface area contributed by atoms with Crippen molar-refractivity contribution in [3.05, 3.63) is 16.6 Å². The summed E-state index contributed by atoms with van der Waals surface area (Å²) in [6.45, 7) is 0.815. The molecule has 21 heavy (non-hydrogen) atoms. The number of methoxy groups -OCH3 is 2. The number of hydrogen-bond acceptors (Lipinski definition) is 5. The number of nitrogens with two attached hydrogens (primary N) is 1. The summed E-state index contributed by atoms with van der Waals surface area (Å²) in [6.07, 6.45) is 1.62. The summed E-state index contributed by atoms with van der Waals surface area (Å²) in [5, 5.41) is 0. The average molecular weight is 379 g/mol. The van der Waals surface area contributed by atoms with Crippen molar-refractivity contribution >= 4 is 26.0 Å². The summed E-state index contributed by atoms with van der Waals surface area (Å²) in [5.74, 6) is 0.850. The predicted octanol–water partition coefficient (Wildman–Crippen LogP) is 1.58. The van der Waals surface area contributed by atoms with E-state index < -0.39 is 10.0 Å². The zero-order chi connectivity index (χ0) is 15.6. The van der Waals surface area contributed by atoms with E-state index in [1.807, 2.05) is 0 Å². The van der Waals surface area contributed by atoms with Gasteiger partial charge in [0.2, 0.25) is 10.0 Å². The summed E-state index contributed by atoms with van der Waals surface area (Å²) in [5.41, 5.74) is 5.68. The van der Waals surface area contributed by atoms with Crippen LogP contribution in [0.3, 0.4) is 0 Å². The zero-order valence-electron chi connectivity index (χ0n) is 12.0. The zero-order valence-corrected chi connectivity index (χ0v) is 14.4. The van der Waals surface area contributed by atoms with E-state index in [0.717, 1.165) is 12.8 Å². The number of sulfonamides is 1. The van der Waals surface area contributed by atoms with Gasteiger partial charge in [0.25, 0.3) is 0 Å². The van der Waals surface area contributed by atoms with Gasteiger partial charge in [0.1, 0.15) is 4.90 Å². The molecule has 0 unspecified atom stereocenters. The molecule has 1 aliphatic rings. The highest BCUT2D eigenvalue weighted by Crippen LogP contribution is 2.38. The number of benzene rings is 1. The van der Waals surface area contributed by atoms with E-state index in [4.69, 9.17) is 15.2 Å². The highest BCUT2D eigenvalue weighted by molar-refractivity contribution is 9.10. The van der Waals surface area contributed by atoms with Crippen LogP contribution in [0.15, 0.2) is 21.5 Å². The first-order valence-electron chi connectivity index (χ1n) is 6.59. The molecule has 8 heteroatoms. The maximum Gasteiger partial charge on any atom is 0.244 e. The Bertz CT molecular complexity index is 621. The monoisotopic (exact) mass is 378 g/mol. The van der Waals surface area contributed by atoms with Gasteiger partial charge in [-0.1, -0.05) is 0 Å². The van der Waals surface area contributed by atoms with E-state index in [2.05, 4.69) is 15.9 Å². The first kappa shape index (κ1) is 16.5. The van der Waals surface area contributed by atoms with E-state index in [9.17, 15) is 8.42 Å². The van der Waals surface area contributed by atoms with Crippen molar-refractivity contribution < 1.29 is 17.9 Å². The fourth-order valence-electron chi connectivity index (χ4n) is 2.52. The van der Waals surface area contributed by atoms with Crippen molar-refractivity contribution in [2.45, 2.75) is 23.8 Å². The molecule has 1 aromatic rings. The van der Waals surface area contributed by atoms with Crippen molar-refractivity contribution in [2.75, 3.05) is 27.3 Å². The van der Waals surface area contributed by atoms with Gasteiger partial charge in [-0.2, -0.15) is 4.31 Å². The Hall–Kier alpha value is -0.830. The minimum absolute atomic E-state index is 0.144. The lowest BCUT2D eigenvalue weighted by atomic mass is 10.2. The van der Waals surface area contributed by atoms with Gasteiger partial charge in [-0.15, -0.1) is 0 Å². The van der Waals surface area contributed by atoms with Crippen LogP contribution in [0.25, 0.3) is 0 Å². The highest BCUT2D eigenvalue weighted by Gasteiger charge is 2.36. The van der Waals surface area contributed by atoms with Crippen molar-refractivity contribution in [2.24, 2.45) is 5.73 Å². The number of halogens is 1. The minimum Gasteiger partial charge on any atom is -0.493 e. The quantitative estimate of drug-likeness (QED) is 0.840. The summed E-state index contributed by atoms with van der Waals surface area (Å²) in [7, 11) is -0.641. The summed E-state index contributed by atoms with van der Waals surface area (Å²) < 4.78 is 37.9. The van der Waals surface area contributed by atoms with Crippen LogP contribution < -0.4 is 15.2 Å². The van der Waals surface area contributed by atoms with E-state index >= 15 is 0 Å². The molecule has 1 fully saturated rings. The maximum atomic E-state index is 12.8. The molecule has 0 saturated carbocycles. The van der Waals surface area contributed by atoms with E-state index in [-0.39, 0.29) is 10.9 Å². The highest BCUT2D eigenvalue weighted by atomic mass is 79.9. The topological polar surface area (TPSA) is 81.9 Å². The number of rotatable bonds is 5. The molecule has 6 nitrogen and oxygen atoms in total. The lowest BCUT2D eigenvalue weighted by Gasteiger charge is -2.24. The molecule has 0 spiro atoms. The van der Waals surface area contributed by atoms with Gasteiger partial charge in [0, 0.05) is 29.7 Å². The van der Waals surface area contributed by atoms with Gasteiger partial charge in [-0.3, -0.25) is 0 Å². The van der Waals surface area contributed by atoms with Crippen LogP contribution in [0.5, 0.6) is 11.5 Å². The molecule has 0 aliphatic carbocycles. The Morgan fingerprint density at radius 1 is 1.33 bits per heavy atom. The third-order valence-corrected chi connectivity index (χ3v) is 6.53. The van der Waals surface area contributed by atoms with Crippen LogP contribution in [0.4, 0.5) is 0 Å². The lowest BCUT2D eigenvalue weighted by molar-refractivity contribution is 0.352. The standard InChI is InChI=1S/C13H19BrN2O4S/c1-19-11-6-10(14)13(7-12(11)20-2)21(17,18)16-5-3-4-9(16)8-15/h6-7,9H,3-5,8,15H2,1-2H3/t9-/m0/s1. The number of hydrogen-bond donors (Lipinski definition) is 1. The molecule has 1 atom stereocenters. The Morgan fingerprint density at radius 2 is 1.95 bits per heavy atom. The fourth-order valence-corrected chi connectivity index (χ4v) is 5.22. The third kappa shape index (κ3) is 3.03. The summed E-state index contributed by atoms with van der Waals surface area (Å²) in [6, 6.07) is 2.93. The molecule has 2 N–H and O–H groups in total. The first-order valence-corrected chi connectivity index (χ1v) is 8.82. The van der Waals surface area contributed by atoms with Crippen LogP contribution >= 0.6 is 15.9 Å². The molecular weight excluding hydrogens is 360 g/mol. The molecule has 2 rings (SSSR count). The second kappa shape index (κ2) is 6.51. The van der Waals surface area contributed by atoms with Gasteiger partial charge < -0.3 is 15.2 Å². The third-order valence-electron chi connectivity index (χ3n) is 3.62. The van der Waals surface area contributed by atoms with Crippen LogP contribution in [-0.4, -0.2) is 46.1 Å². The normalized spacial score (nSPS) is 19.7. The number of ether oxygens (including phenoxy) is 2. The molecule has 0 amide bonds. The van der Waals surface area contributed by atoms with Gasteiger partial charge in [-0.25, -0.2) is 8.42 Å². The van der Waals surface area contributed by atoms with Crippen molar-refractivity contribution in [1.29, 1.82) is 0 Å². The Balaban J connectivity index is 2.49. The average Bonchev–Trinajstić information content (AvgIpc) is 2.95. The van der Waals surface area contributed by atoms with Gasteiger partial charge in [0.15, 0.2) is 11.5 Å². The van der Waals surface area contributed by atoms with Crippen molar-refractivity contribution in [3.63, 3.8) is 0 Å². The van der Waals surface area contributed by atoms with E-state index in [1.165, 1.54) is 24.6 Å². The van der Waals surface area contributed by atoms with Crippen LogP contribution in [-0.2, 0) is 10.0 Å². The number of nitrogens with zero attached hydrogens (tertiary/aromatic N) is 1.